The Labute approximate surface area is 190 Å². The molecule has 1 unspecified atom stereocenters. The maximum absolute atomic E-state index is 11.0. The molecule has 0 aliphatic rings. The lowest BCUT2D eigenvalue weighted by Crippen LogP contribution is -2.30. The lowest BCUT2D eigenvalue weighted by molar-refractivity contribution is -0.130. The molecule has 0 saturated heterocycles. The molecule has 0 fully saturated rings. The number of ether oxygens (including phenoxy) is 3. The first-order valence-corrected chi connectivity index (χ1v) is 11.3. The Morgan fingerprint density at radius 2 is 1.75 bits per heavy atom. The van der Waals surface area contributed by atoms with Gasteiger partial charge in [-0.1, -0.05) is 36.4 Å². The predicted molar refractivity (Wildman–Crippen MR) is 124 cm³/mol. The number of hydrogen-bond donors (Lipinski definition) is 2. The van der Waals surface area contributed by atoms with Gasteiger partial charge in [-0.05, 0) is 43.8 Å². The molecule has 0 saturated carbocycles. The van der Waals surface area contributed by atoms with E-state index in [1.165, 1.54) is 0 Å². The summed E-state index contributed by atoms with van der Waals surface area (Å²) >= 11 is 0. The molecule has 1 atom stereocenters. The van der Waals surface area contributed by atoms with E-state index in [0.29, 0.717) is 37.6 Å². The van der Waals surface area contributed by atoms with Crippen LogP contribution in [0, 0.1) is 6.92 Å². The minimum atomic E-state index is -1.45. The summed E-state index contributed by atoms with van der Waals surface area (Å²) in [6.45, 7) is 7.02. The Balaban J connectivity index is 0.000000538. The monoisotopic (exact) mass is 466 g/mol. The van der Waals surface area contributed by atoms with Crippen molar-refractivity contribution in [2.45, 2.75) is 20.5 Å². The van der Waals surface area contributed by atoms with Gasteiger partial charge in [0, 0.05) is 0 Å². The number of aryl methyl sites for hydroxylation is 1. The second-order valence-electron chi connectivity index (χ2n) is 6.13. The van der Waals surface area contributed by atoms with Crippen molar-refractivity contribution in [3.05, 3.63) is 59.7 Å². The van der Waals surface area contributed by atoms with Crippen LogP contribution in [0.2, 0.25) is 0 Å². The number of rotatable bonds is 10. The summed E-state index contributed by atoms with van der Waals surface area (Å²) < 4.78 is 15.5. The van der Waals surface area contributed by atoms with Crippen molar-refractivity contribution in [1.82, 2.24) is 0 Å². The third-order valence-corrected chi connectivity index (χ3v) is 4.72. The normalized spacial score (nSPS) is 10.2. The highest BCUT2D eigenvalue weighted by molar-refractivity contribution is 7.52. The van der Waals surface area contributed by atoms with E-state index >= 15 is 0 Å². The highest BCUT2D eigenvalue weighted by Crippen LogP contribution is 2.41. The fraction of sp³-hybridized carbons (Fsp3) is 0.318. The number of nitrogens with two attached hydrogens (primary N) is 1. The van der Waals surface area contributed by atoms with Crippen LogP contribution >= 0.6 is 8.30 Å². The van der Waals surface area contributed by atoms with Gasteiger partial charge in [-0.25, -0.2) is 0 Å². The molecule has 1 amide bonds. The fourth-order valence-electron chi connectivity index (χ4n) is 2.27. The Morgan fingerprint density at radius 3 is 2.19 bits per heavy atom. The van der Waals surface area contributed by atoms with E-state index in [9.17, 15) is 19.3 Å². The third-order valence-electron chi connectivity index (χ3n) is 3.66. The predicted octanol–water partition coefficient (Wildman–Crippen LogP) is 2.77. The minimum Gasteiger partial charge on any atom is -0.495 e. The molecule has 0 radical (unpaired) electrons. The highest BCUT2D eigenvalue weighted by Gasteiger charge is 2.19. The first kappa shape index (κ1) is 28.8. The van der Waals surface area contributed by atoms with Gasteiger partial charge in [-0.3, -0.25) is 14.4 Å². The smallest absolute Gasteiger partial charge is 0.293 e. The van der Waals surface area contributed by atoms with Gasteiger partial charge in [0.1, 0.15) is 27.2 Å². The zero-order valence-electron chi connectivity index (χ0n) is 18.8. The number of amides is 1. The number of anilines is 1. The zero-order chi connectivity index (χ0) is 24.4. The van der Waals surface area contributed by atoms with Gasteiger partial charge in [-0.2, -0.15) is 0 Å². The Kier molecular flexibility index (Phi) is 15.8. The number of carbonyl (C=O) groups is 3. The number of nitrogens with zero attached hydrogens (tertiary/aromatic N) is 1. The summed E-state index contributed by atoms with van der Waals surface area (Å²) in [6, 6.07) is 15.1. The van der Waals surface area contributed by atoms with Gasteiger partial charge in [0.05, 0.1) is 19.4 Å². The molecule has 10 heteroatoms. The molecular weight excluding hydrogens is 435 g/mol. The van der Waals surface area contributed by atoms with Crippen molar-refractivity contribution < 1.29 is 33.5 Å². The van der Waals surface area contributed by atoms with Gasteiger partial charge >= 0.3 is 0 Å². The number of methoxy groups -OCH3 is 1. The molecule has 2 aromatic carbocycles. The van der Waals surface area contributed by atoms with Gasteiger partial charge in [-0.15, -0.1) is 0 Å². The average Bonchev–Trinajstić information content (AvgIpc) is 2.78. The average molecular weight is 466 g/mol. The standard InChI is InChI=1S/C11H17N2O3P.C8H8O2.C3H6O2/c1-8-4-5-10(16-2)9(6-8)13(17(3)15)7-11(12)14;9-7-10-6-8-4-2-1-3-5-8;1-2-5-3-4/h4-6,15H,7H2,1-3H3,(H2,12,14);1-5,7H,6H2;3H,2H2,1H3. The Bertz CT molecular complexity index is 804. The minimum absolute atomic E-state index is 0.0292. The lowest BCUT2D eigenvalue weighted by Gasteiger charge is -2.27. The molecule has 2 rings (SSSR count). The van der Waals surface area contributed by atoms with Gasteiger partial charge in [0.2, 0.25) is 5.91 Å². The maximum atomic E-state index is 11.0. The lowest BCUT2D eigenvalue weighted by atomic mass is 10.2. The molecule has 0 aliphatic carbocycles. The summed E-state index contributed by atoms with van der Waals surface area (Å²) in [5.41, 5.74) is 7.89. The van der Waals surface area contributed by atoms with Crippen LogP contribution in [0.25, 0.3) is 0 Å². The van der Waals surface area contributed by atoms with Crippen LogP contribution in [0.3, 0.4) is 0 Å². The summed E-state index contributed by atoms with van der Waals surface area (Å²) in [4.78, 5) is 39.7. The van der Waals surface area contributed by atoms with E-state index in [4.69, 9.17) is 10.5 Å². The van der Waals surface area contributed by atoms with Crippen LogP contribution in [-0.4, -0.2) is 50.7 Å². The molecule has 0 bridgehead atoms. The number of hydrogen-bond acceptors (Lipinski definition) is 8. The Morgan fingerprint density at radius 1 is 1.12 bits per heavy atom. The van der Waals surface area contributed by atoms with E-state index in [0.717, 1.165) is 11.1 Å². The summed E-state index contributed by atoms with van der Waals surface area (Å²) in [5, 5.41) is 0. The van der Waals surface area contributed by atoms with Crippen molar-refractivity contribution in [1.29, 1.82) is 0 Å². The number of benzene rings is 2. The van der Waals surface area contributed by atoms with Crippen LogP contribution in [-0.2, 0) is 30.5 Å². The molecule has 0 spiro atoms. The van der Waals surface area contributed by atoms with E-state index in [1.54, 1.807) is 31.4 Å². The molecular formula is C22H31N2O7P. The van der Waals surface area contributed by atoms with Gasteiger partial charge in [0.15, 0.2) is 0 Å². The molecule has 0 aliphatic heterocycles. The second-order valence-corrected chi connectivity index (χ2v) is 7.59. The van der Waals surface area contributed by atoms with Crippen LogP contribution < -0.4 is 15.1 Å². The number of carbonyl (C=O) groups excluding carboxylic acids is 3. The molecule has 2 aromatic rings. The molecule has 176 valence electrons. The zero-order valence-corrected chi connectivity index (χ0v) is 19.7. The first-order chi connectivity index (χ1) is 15.3. The van der Waals surface area contributed by atoms with E-state index in [-0.39, 0.29) is 6.54 Å². The van der Waals surface area contributed by atoms with Crippen molar-refractivity contribution in [2.24, 2.45) is 5.73 Å². The summed E-state index contributed by atoms with van der Waals surface area (Å²) in [5.74, 6) is 0.122. The first-order valence-electron chi connectivity index (χ1n) is 9.58. The number of primary amides is 1. The summed E-state index contributed by atoms with van der Waals surface area (Å²) in [7, 11) is 0.0930. The van der Waals surface area contributed by atoms with E-state index in [1.807, 2.05) is 49.4 Å². The van der Waals surface area contributed by atoms with Crippen LogP contribution in [0.5, 0.6) is 5.75 Å². The largest absolute Gasteiger partial charge is 0.495 e. The van der Waals surface area contributed by atoms with Crippen molar-refractivity contribution in [3.63, 3.8) is 0 Å². The summed E-state index contributed by atoms with van der Waals surface area (Å²) in [6.07, 6.45) is 0. The fourth-order valence-corrected chi connectivity index (χ4v) is 3.08. The van der Waals surface area contributed by atoms with Crippen molar-refractivity contribution >= 4 is 32.8 Å². The van der Waals surface area contributed by atoms with E-state index in [2.05, 4.69) is 9.47 Å². The topological polar surface area (TPSA) is 128 Å². The van der Waals surface area contributed by atoms with E-state index < -0.39 is 14.2 Å². The SMILES string of the molecule is CCOC=O.COc1ccc(C)cc1N(CC(N)=O)P(C)O.O=COCc1ccccc1. The Hall–Kier alpha value is -3.16. The molecule has 9 nitrogen and oxygen atoms in total. The molecule has 32 heavy (non-hydrogen) atoms. The van der Waals surface area contributed by atoms with Crippen LogP contribution in [0.4, 0.5) is 5.69 Å². The molecule has 0 heterocycles. The van der Waals surface area contributed by atoms with Crippen LogP contribution in [0.1, 0.15) is 18.1 Å². The quantitative estimate of drug-likeness (QED) is 0.404. The van der Waals surface area contributed by atoms with Gasteiger partial charge in [0.25, 0.3) is 12.9 Å². The maximum Gasteiger partial charge on any atom is 0.293 e. The second kappa shape index (κ2) is 17.5. The van der Waals surface area contributed by atoms with Crippen molar-refractivity contribution in [2.75, 3.05) is 31.6 Å². The molecule has 0 aromatic heterocycles. The third kappa shape index (κ3) is 12.5. The molecule has 3 N–H and O–H groups in total. The van der Waals surface area contributed by atoms with Gasteiger partial charge < -0.3 is 29.5 Å². The highest BCUT2D eigenvalue weighted by atomic mass is 31.2. The van der Waals surface area contributed by atoms with Crippen LogP contribution in [0.15, 0.2) is 48.5 Å². The van der Waals surface area contributed by atoms with Crippen molar-refractivity contribution in [3.8, 4) is 5.75 Å².